The second-order valence-electron chi connectivity index (χ2n) is 8.47. The molecule has 7 nitrogen and oxygen atoms in total. The molecule has 0 bridgehead atoms. The lowest BCUT2D eigenvalue weighted by molar-refractivity contribution is -0.115. The molecule has 0 fully saturated rings. The molecule has 1 amide bonds. The van der Waals surface area contributed by atoms with Crippen LogP contribution in [0.25, 0.3) is 22.4 Å². The fourth-order valence-corrected chi connectivity index (χ4v) is 4.74. The zero-order valence-electron chi connectivity index (χ0n) is 20.9. The molecule has 0 atom stereocenters. The average molecular weight is 524 g/mol. The number of nitrogens with one attached hydrogen (secondary N) is 1. The van der Waals surface area contributed by atoms with Gasteiger partial charge in [-0.2, -0.15) is 5.26 Å². The number of carbonyl (C=O) groups is 2. The summed E-state index contributed by atoms with van der Waals surface area (Å²) < 4.78 is 5.27. The van der Waals surface area contributed by atoms with Gasteiger partial charge in [-0.05, 0) is 61.0 Å². The number of carbonyl (C=O) groups excluding carboxylic acids is 1. The molecule has 0 spiro atoms. The van der Waals surface area contributed by atoms with Gasteiger partial charge in [0, 0.05) is 29.0 Å². The number of nitriles is 1. The normalized spacial score (nSPS) is 10.4. The molecule has 0 saturated carbocycles. The molecule has 0 aliphatic heterocycles. The van der Waals surface area contributed by atoms with E-state index < -0.39 is 5.97 Å². The number of rotatable bonds is 9. The van der Waals surface area contributed by atoms with E-state index >= 15 is 0 Å². The summed E-state index contributed by atoms with van der Waals surface area (Å²) in [4.78, 5) is 28.5. The summed E-state index contributed by atoms with van der Waals surface area (Å²) in [6.07, 6.45) is 0.154. The molecule has 2 N–H and O–H groups in total. The van der Waals surface area contributed by atoms with Gasteiger partial charge in [0.1, 0.15) is 16.8 Å². The number of ether oxygens (including phenoxy) is 1. The van der Waals surface area contributed by atoms with Crippen molar-refractivity contribution in [3.63, 3.8) is 0 Å². The Balaban J connectivity index is 1.59. The van der Waals surface area contributed by atoms with E-state index in [1.807, 2.05) is 61.5 Å². The SMILES string of the molecule is COc1ccc(-c2cc(-c3ccc(C)cc3)c(C#N)c(SCCC(=O)Nc3cccc(C(=O)O)c3)n2)cc1. The molecule has 38 heavy (non-hydrogen) atoms. The van der Waals surface area contributed by atoms with Crippen LogP contribution in [0.15, 0.2) is 83.9 Å². The van der Waals surface area contributed by atoms with Gasteiger partial charge < -0.3 is 15.2 Å². The van der Waals surface area contributed by atoms with E-state index in [1.165, 1.54) is 23.9 Å². The molecule has 1 aromatic heterocycles. The minimum absolute atomic E-state index is 0.0963. The van der Waals surface area contributed by atoms with Crippen LogP contribution in [-0.2, 0) is 4.79 Å². The largest absolute Gasteiger partial charge is 0.497 e. The molecule has 190 valence electrons. The number of amides is 1. The van der Waals surface area contributed by atoms with E-state index in [9.17, 15) is 14.9 Å². The lowest BCUT2D eigenvalue weighted by Crippen LogP contribution is -2.12. The van der Waals surface area contributed by atoms with Gasteiger partial charge in [0.15, 0.2) is 0 Å². The van der Waals surface area contributed by atoms with Gasteiger partial charge in [0.2, 0.25) is 5.91 Å². The Hall–Kier alpha value is -4.61. The number of hydrogen-bond acceptors (Lipinski definition) is 6. The predicted octanol–water partition coefficient (Wildman–Crippen LogP) is 6.42. The Bertz CT molecular complexity index is 1510. The number of hydrogen-bond donors (Lipinski definition) is 2. The standard InChI is InChI=1S/C30H25N3O4S/c1-19-6-8-20(9-7-19)25-17-27(21-10-12-24(37-2)13-11-21)33-29(26(25)18-31)38-15-14-28(34)32-23-5-3-4-22(16-23)30(35)36/h3-13,16-17H,14-15H2,1-2H3,(H,32,34)(H,35,36). The highest BCUT2D eigenvalue weighted by atomic mass is 32.2. The number of thioether (sulfide) groups is 1. The lowest BCUT2D eigenvalue weighted by Gasteiger charge is -2.13. The van der Waals surface area contributed by atoms with Gasteiger partial charge in [-0.25, -0.2) is 9.78 Å². The number of nitrogens with zero attached hydrogens (tertiary/aromatic N) is 2. The third-order valence-electron chi connectivity index (χ3n) is 5.81. The highest BCUT2D eigenvalue weighted by molar-refractivity contribution is 7.99. The van der Waals surface area contributed by atoms with Gasteiger partial charge in [-0.3, -0.25) is 4.79 Å². The van der Waals surface area contributed by atoms with E-state index in [0.717, 1.165) is 28.0 Å². The van der Waals surface area contributed by atoms with Gasteiger partial charge in [-0.15, -0.1) is 11.8 Å². The first kappa shape index (κ1) is 26.5. The van der Waals surface area contributed by atoms with Gasteiger partial charge in [0.05, 0.1) is 23.9 Å². The highest BCUT2D eigenvalue weighted by Crippen LogP contribution is 2.35. The first-order chi connectivity index (χ1) is 18.4. The first-order valence-corrected chi connectivity index (χ1v) is 12.8. The van der Waals surface area contributed by atoms with Crippen LogP contribution in [0, 0.1) is 18.3 Å². The molecule has 1 heterocycles. The van der Waals surface area contributed by atoms with E-state index in [1.54, 1.807) is 19.2 Å². The molecule has 0 aliphatic rings. The maximum atomic E-state index is 12.5. The van der Waals surface area contributed by atoms with Crippen LogP contribution in [0.5, 0.6) is 5.75 Å². The van der Waals surface area contributed by atoms with Crippen LogP contribution in [-0.4, -0.2) is 34.8 Å². The van der Waals surface area contributed by atoms with Crippen molar-refractivity contribution in [3.05, 3.63) is 95.6 Å². The summed E-state index contributed by atoms with van der Waals surface area (Å²) in [5, 5.41) is 22.5. The number of anilines is 1. The van der Waals surface area contributed by atoms with Gasteiger partial charge >= 0.3 is 5.97 Å². The van der Waals surface area contributed by atoms with Crippen LogP contribution >= 0.6 is 11.8 Å². The smallest absolute Gasteiger partial charge is 0.335 e. The van der Waals surface area contributed by atoms with Crippen LogP contribution in [0.3, 0.4) is 0 Å². The topological polar surface area (TPSA) is 112 Å². The summed E-state index contributed by atoms with van der Waals surface area (Å²) in [5.41, 5.74) is 5.34. The van der Waals surface area contributed by atoms with Crippen LogP contribution in [0.4, 0.5) is 5.69 Å². The van der Waals surface area contributed by atoms with E-state index in [-0.39, 0.29) is 17.9 Å². The molecular weight excluding hydrogens is 498 g/mol. The van der Waals surface area contributed by atoms with E-state index in [0.29, 0.717) is 27.7 Å². The third kappa shape index (κ3) is 6.38. The fourth-order valence-electron chi connectivity index (χ4n) is 3.80. The Morgan fingerprint density at radius 1 is 1.03 bits per heavy atom. The second-order valence-corrected chi connectivity index (χ2v) is 9.56. The van der Waals surface area contributed by atoms with Crippen molar-refractivity contribution in [2.24, 2.45) is 0 Å². The van der Waals surface area contributed by atoms with E-state index in [2.05, 4.69) is 11.4 Å². The summed E-state index contributed by atoms with van der Waals surface area (Å²) in [7, 11) is 1.61. The molecule has 8 heteroatoms. The molecule has 3 aromatic carbocycles. The molecule has 0 radical (unpaired) electrons. The minimum Gasteiger partial charge on any atom is -0.497 e. The molecule has 0 unspecified atom stereocenters. The number of benzene rings is 3. The van der Waals surface area contributed by atoms with Crippen molar-refractivity contribution < 1.29 is 19.4 Å². The highest BCUT2D eigenvalue weighted by Gasteiger charge is 2.17. The molecular formula is C30H25N3O4S. The average Bonchev–Trinajstić information content (AvgIpc) is 2.93. The van der Waals surface area contributed by atoms with Gasteiger partial charge in [0.25, 0.3) is 0 Å². The van der Waals surface area contributed by atoms with Gasteiger partial charge in [-0.1, -0.05) is 35.9 Å². The number of aromatic nitrogens is 1. The zero-order valence-corrected chi connectivity index (χ0v) is 21.7. The molecule has 4 rings (SSSR count). The minimum atomic E-state index is -1.06. The fraction of sp³-hybridized carbons (Fsp3) is 0.133. The Kier molecular flexibility index (Phi) is 8.41. The number of pyridine rings is 1. The number of carboxylic acids is 1. The predicted molar refractivity (Wildman–Crippen MR) is 148 cm³/mol. The summed E-state index contributed by atoms with van der Waals surface area (Å²) >= 11 is 1.33. The number of methoxy groups -OCH3 is 1. The number of aryl methyl sites for hydroxylation is 1. The molecule has 4 aromatic rings. The summed E-state index contributed by atoms with van der Waals surface area (Å²) in [6, 6.07) is 25.8. The number of carboxylic acid groups (broad SMARTS) is 1. The Labute approximate surface area is 225 Å². The second kappa shape index (κ2) is 12.1. The maximum absolute atomic E-state index is 12.5. The lowest BCUT2D eigenvalue weighted by atomic mass is 9.98. The maximum Gasteiger partial charge on any atom is 0.335 e. The van der Waals surface area contributed by atoms with Crippen LogP contribution in [0.1, 0.15) is 27.9 Å². The van der Waals surface area contributed by atoms with Crippen molar-refractivity contribution in [2.45, 2.75) is 18.4 Å². The Morgan fingerprint density at radius 2 is 1.74 bits per heavy atom. The molecule has 0 aliphatic carbocycles. The monoisotopic (exact) mass is 523 g/mol. The quantitative estimate of drug-likeness (QED) is 0.243. The summed E-state index contributed by atoms with van der Waals surface area (Å²) in [5.74, 6) is -0.210. The van der Waals surface area contributed by atoms with Crippen LogP contribution in [0.2, 0.25) is 0 Å². The zero-order chi connectivity index (χ0) is 27.1. The van der Waals surface area contributed by atoms with Crippen molar-refractivity contribution in [1.29, 1.82) is 5.26 Å². The van der Waals surface area contributed by atoms with Crippen molar-refractivity contribution in [2.75, 3.05) is 18.2 Å². The van der Waals surface area contributed by atoms with Crippen molar-refractivity contribution in [3.8, 4) is 34.2 Å². The first-order valence-electron chi connectivity index (χ1n) is 11.8. The Morgan fingerprint density at radius 3 is 2.39 bits per heavy atom. The van der Waals surface area contributed by atoms with Crippen molar-refractivity contribution >= 4 is 29.3 Å². The number of aromatic carboxylic acids is 1. The molecule has 0 saturated heterocycles. The summed E-state index contributed by atoms with van der Waals surface area (Å²) in [6.45, 7) is 2.01. The van der Waals surface area contributed by atoms with E-state index in [4.69, 9.17) is 14.8 Å². The third-order valence-corrected chi connectivity index (χ3v) is 6.78. The van der Waals surface area contributed by atoms with Crippen molar-refractivity contribution in [1.82, 2.24) is 4.98 Å². The van der Waals surface area contributed by atoms with Crippen LogP contribution < -0.4 is 10.1 Å².